The Morgan fingerprint density at radius 3 is 2.47 bits per heavy atom. The zero-order chi connectivity index (χ0) is 24.2. The fraction of sp³-hybridized carbons (Fsp3) is 0.407. The molecule has 3 aromatic rings. The Morgan fingerprint density at radius 2 is 1.79 bits per heavy atom. The number of hydrogen-bond donors (Lipinski definition) is 0. The van der Waals surface area contributed by atoms with Crippen molar-refractivity contribution in [2.75, 3.05) is 32.8 Å². The summed E-state index contributed by atoms with van der Waals surface area (Å²) in [6, 6.07) is 12.5. The first-order valence-electron chi connectivity index (χ1n) is 12.0. The maximum Gasteiger partial charge on any atom is 0.290 e. The van der Waals surface area contributed by atoms with Gasteiger partial charge in [0.25, 0.3) is 5.91 Å². The topological polar surface area (TPSA) is 63.0 Å². The molecule has 1 amide bonds. The van der Waals surface area contributed by atoms with E-state index in [1.54, 1.807) is 17.0 Å². The fourth-order valence-electron chi connectivity index (χ4n) is 4.44. The molecule has 1 unspecified atom stereocenters. The van der Waals surface area contributed by atoms with Gasteiger partial charge in [0.15, 0.2) is 5.43 Å². The minimum atomic E-state index is -0.498. The molecule has 34 heavy (non-hydrogen) atoms. The van der Waals surface area contributed by atoms with E-state index in [1.165, 1.54) is 0 Å². The standard InChI is InChI=1S/C27H31BrN2O4/c1-4-7-16-33-20-11-8-18(9-12-20)24-23-25(31)21-17-19(28)10-13-22(21)34-26(23)27(32)30(24)15-14-29(5-2)6-3/h8-13,17,24H,4-7,14-16H2,1-3H3. The van der Waals surface area contributed by atoms with Crippen LogP contribution in [-0.4, -0.2) is 48.5 Å². The summed E-state index contributed by atoms with van der Waals surface area (Å²) in [6.07, 6.45) is 2.06. The van der Waals surface area contributed by atoms with E-state index >= 15 is 0 Å². The molecule has 0 aliphatic carbocycles. The number of unbranched alkanes of at least 4 members (excludes halogenated alkanes) is 1. The summed E-state index contributed by atoms with van der Waals surface area (Å²) in [7, 11) is 0. The van der Waals surface area contributed by atoms with Crippen molar-refractivity contribution < 1.29 is 13.9 Å². The zero-order valence-corrected chi connectivity index (χ0v) is 21.6. The minimum absolute atomic E-state index is 0.146. The first kappa shape index (κ1) is 24.5. The van der Waals surface area contributed by atoms with Crippen molar-refractivity contribution in [2.45, 2.75) is 39.7 Å². The number of amides is 1. The second-order valence-corrected chi connectivity index (χ2v) is 9.43. The summed E-state index contributed by atoms with van der Waals surface area (Å²) in [5, 5.41) is 0.469. The van der Waals surface area contributed by atoms with Crippen LogP contribution in [0.5, 0.6) is 5.75 Å². The third-order valence-corrected chi connectivity index (χ3v) is 6.93. The summed E-state index contributed by atoms with van der Waals surface area (Å²) in [5.41, 5.74) is 1.54. The van der Waals surface area contributed by atoms with E-state index < -0.39 is 6.04 Å². The van der Waals surface area contributed by atoms with Crippen molar-refractivity contribution in [2.24, 2.45) is 0 Å². The number of halogens is 1. The van der Waals surface area contributed by atoms with Gasteiger partial charge in [0.2, 0.25) is 5.76 Å². The summed E-state index contributed by atoms with van der Waals surface area (Å²) < 4.78 is 12.6. The smallest absolute Gasteiger partial charge is 0.290 e. The molecule has 0 radical (unpaired) electrons. The Bertz CT molecular complexity index is 1220. The number of nitrogens with zero attached hydrogens (tertiary/aromatic N) is 2. The normalized spacial score (nSPS) is 15.4. The molecular formula is C27H31BrN2O4. The molecular weight excluding hydrogens is 496 g/mol. The van der Waals surface area contributed by atoms with Crippen molar-refractivity contribution in [1.29, 1.82) is 0 Å². The molecule has 4 rings (SSSR count). The molecule has 1 aliphatic heterocycles. The van der Waals surface area contributed by atoms with Crippen molar-refractivity contribution >= 4 is 32.8 Å². The number of likely N-dealkylation sites (N-methyl/N-ethyl adjacent to an activating group) is 1. The van der Waals surface area contributed by atoms with Gasteiger partial charge in [-0.3, -0.25) is 9.59 Å². The van der Waals surface area contributed by atoms with E-state index in [-0.39, 0.29) is 17.1 Å². The van der Waals surface area contributed by atoms with Crippen LogP contribution < -0.4 is 10.2 Å². The van der Waals surface area contributed by atoms with Gasteiger partial charge < -0.3 is 19.0 Å². The predicted molar refractivity (Wildman–Crippen MR) is 138 cm³/mol. The van der Waals surface area contributed by atoms with Gasteiger partial charge in [-0.25, -0.2) is 0 Å². The zero-order valence-electron chi connectivity index (χ0n) is 20.0. The number of rotatable bonds is 10. The van der Waals surface area contributed by atoms with Crippen LogP contribution in [0.3, 0.4) is 0 Å². The number of carbonyl (C=O) groups is 1. The van der Waals surface area contributed by atoms with Gasteiger partial charge in [-0.05, 0) is 55.4 Å². The molecule has 0 spiro atoms. The summed E-state index contributed by atoms with van der Waals surface area (Å²) >= 11 is 3.44. The Hall–Kier alpha value is -2.64. The molecule has 0 saturated heterocycles. The van der Waals surface area contributed by atoms with Crippen molar-refractivity contribution in [3.8, 4) is 5.75 Å². The highest BCUT2D eigenvalue weighted by molar-refractivity contribution is 9.10. The molecule has 6 nitrogen and oxygen atoms in total. The van der Waals surface area contributed by atoms with Crippen molar-refractivity contribution in [3.05, 3.63) is 74.0 Å². The summed E-state index contributed by atoms with van der Waals surface area (Å²) in [5.74, 6) is 0.691. The number of benzene rings is 2. The van der Waals surface area contributed by atoms with Gasteiger partial charge in [-0.1, -0.05) is 55.3 Å². The lowest BCUT2D eigenvalue weighted by atomic mass is 9.98. The Kier molecular flexibility index (Phi) is 7.73. The molecule has 2 heterocycles. The van der Waals surface area contributed by atoms with Crippen LogP contribution in [0.25, 0.3) is 11.0 Å². The third kappa shape index (κ3) is 4.77. The van der Waals surface area contributed by atoms with Gasteiger partial charge >= 0.3 is 0 Å². The van der Waals surface area contributed by atoms with Gasteiger partial charge in [0, 0.05) is 17.6 Å². The van der Waals surface area contributed by atoms with Crippen LogP contribution in [0.15, 0.2) is 56.1 Å². The largest absolute Gasteiger partial charge is 0.494 e. The highest BCUT2D eigenvalue weighted by Gasteiger charge is 2.42. The second kappa shape index (κ2) is 10.7. The van der Waals surface area contributed by atoms with Gasteiger partial charge in [0.05, 0.1) is 23.6 Å². The third-order valence-electron chi connectivity index (χ3n) is 6.44. The lowest BCUT2D eigenvalue weighted by Crippen LogP contribution is -2.37. The van der Waals surface area contributed by atoms with Crippen LogP contribution in [0.4, 0.5) is 0 Å². The van der Waals surface area contributed by atoms with E-state index in [1.807, 2.05) is 30.3 Å². The summed E-state index contributed by atoms with van der Waals surface area (Å²) in [4.78, 5) is 31.2. The maximum atomic E-state index is 13.6. The molecule has 0 N–H and O–H groups in total. The average Bonchev–Trinajstić information content (AvgIpc) is 3.13. The Morgan fingerprint density at radius 1 is 1.06 bits per heavy atom. The van der Waals surface area contributed by atoms with Gasteiger partial charge in [0.1, 0.15) is 11.3 Å². The van der Waals surface area contributed by atoms with Crippen LogP contribution in [-0.2, 0) is 0 Å². The first-order valence-corrected chi connectivity index (χ1v) is 12.8. The predicted octanol–water partition coefficient (Wildman–Crippen LogP) is 5.62. The quantitative estimate of drug-likeness (QED) is 0.320. The average molecular weight is 527 g/mol. The van der Waals surface area contributed by atoms with Crippen LogP contribution >= 0.6 is 15.9 Å². The monoisotopic (exact) mass is 526 g/mol. The SMILES string of the molecule is CCCCOc1ccc(C2c3c(oc4ccc(Br)cc4c3=O)C(=O)N2CCN(CC)CC)cc1. The van der Waals surface area contributed by atoms with Gasteiger partial charge in [-0.2, -0.15) is 0 Å². The maximum absolute atomic E-state index is 13.6. The Balaban J connectivity index is 1.77. The number of fused-ring (bicyclic) bond motifs is 2. The molecule has 1 aliphatic rings. The van der Waals surface area contributed by atoms with E-state index in [0.29, 0.717) is 29.7 Å². The molecule has 2 aromatic carbocycles. The number of ether oxygens (including phenoxy) is 1. The summed E-state index contributed by atoms with van der Waals surface area (Å²) in [6.45, 7) is 10.0. The fourth-order valence-corrected chi connectivity index (χ4v) is 4.80. The highest BCUT2D eigenvalue weighted by Crippen LogP contribution is 2.38. The molecule has 7 heteroatoms. The van der Waals surface area contributed by atoms with Gasteiger partial charge in [-0.15, -0.1) is 0 Å². The van der Waals surface area contributed by atoms with Crippen molar-refractivity contribution in [1.82, 2.24) is 9.80 Å². The molecule has 180 valence electrons. The Labute approximate surface area is 208 Å². The second-order valence-electron chi connectivity index (χ2n) is 8.51. The van der Waals surface area contributed by atoms with E-state index in [9.17, 15) is 9.59 Å². The van der Waals surface area contributed by atoms with E-state index in [4.69, 9.17) is 9.15 Å². The molecule has 0 fully saturated rings. The van der Waals surface area contributed by atoms with Crippen LogP contribution in [0.2, 0.25) is 0 Å². The minimum Gasteiger partial charge on any atom is -0.494 e. The first-order chi connectivity index (χ1) is 16.5. The van der Waals surface area contributed by atoms with Crippen LogP contribution in [0.1, 0.15) is 61.3 Å². The van der Waals surface area contributed by atoms with Crippen molar-refractivity contribution in [3.63, 3.8) is 0 Å². The highest BCUT2D eigenvalue weighted by atomic mass is 79.9. The number of hydrogen-bond acceptors (Lipinski definition) is 5. The number of carbonyl (C=O) groups excluding carboxylic acids is 1. The van der Waals surface area contributed by atoms with E-state index in [2.05, 4.69) is 41.6 Å². The molecule has 1 atom stereocenters. The molecule has 1 aromatic heterocycles. The lowest BCUT2D eigenvalue weighted by molar-refractivity contribution is 0.0708. The van der Waals surface area contributed by atoms with E-state index in [0.717, 1.165) is 48.3 Å². The lowest BCUT2D eigenvalue weighted by Gasteiger charge is -2.28. The molecule has 0 saturated carbocycles. The van der Waals surface area contributed by atoms with Crippen LogP contribution in [0, 0.1) is 0 Å². The molecule has 0 bridgehead atoms.